The van der Waals surface area contributed by atoms with E-state index >= 15 is 0 Å². The first kappa shape index (κ1) is 15.3. The molecular formula is C16H18Cl2N2S. The Hall–Kier alpha value is -0.580. The zero-order valence-electron chi connectivity index (χ0n) is 11.6. The number of nitrogens with zero attached hydrogens (tertiary/aromatic N) is 1. The highest BCUT2D eigenvalue weighted by Crippen LogP contribution is 2.37. The summed E-state index contributed by atoms with van der Waals surface area (Å²) in [6.07, 6.45) is 2.49. The summed E-state index contributed by atoms with van der Waals surface area (Å²) in [6, 6.07) is 10.8. The van der Waals surface area contributed by atoms with Crippen molar-refractivity contribution in [2.75, 3.05) is 6.54 Å². The Morgan fingerprint density at radius 2 is 1.95 bits per heavy atom. The predicted molar refractivity (Wildman–Crippen MR) is 91.1 cm³/mol. The average Bonchev–Trinajstić information content (AvgIpc) is 3.15. The highest BCUT2D eigenvalue weighted by atomic mass is 35.5. The van der Waals surface area contributed by atoms with Crippen molar-refractivity contribution in [2.45, 2.75) is 31.5 Å². The molecule has 1 atom stereocenters. The molecule has 0 aliphatic heterocycles. The van der Waals surface area contributed by atoms with E-state index in [9.17, 15) is 0 Å². The zero-order valence-corrected chi connectivity index (χ0v) is 14.0. The van der Waals surface area contributed by atoms with Crippen molar-refractivity contribution in [3.05, 3.63) is 56.2 Å². The van der Waals surface area contributed by atoms with Gasteiger partial charge in [0.1, 0.15) is 0 Å². The molecule has 3 rings (SSSR count). The second-order valence-electron chi connectivity index (χ2n) is 5.44. The van der Waals surface area contributed by atoms with Gasteiger partial charge >= 0.3 is 0 Å². The van der Waals surface area contributed by atoms with Crippen LogP contribution < -0.4 is 5.73 Å². The van der Waals surface area contributed by atoms with Gasteiger partial charge in [-0.1, -0.05) is 29.3 Å². The molecule has 1 unspecified atom stereocenters. The molecule has 1 fully saturated rings. The van der Waals surface area contributed by atoms with Crippen molar-refractivity contribution in [2.24, 2.45) is 5.73 Å². The second kappa shape index (κ2) is 6.67. The molecule has 1 saturated carbocycles. The van der Waals surface area contributed by atoms with Crippen LogP contribution in [0.3, 0.4) is 0 Å². The molecule has 2 N–H and O–H groups in total. The van der Waals surface area contributed by atoms with Gasteiger partial charge < -0.3 is 5.73 Å². The number of rotatable bonds is 6. The third kappa shape index (κ3) is 3.79. The van der Waals surface area contributed by atoms with Crippen LogP contribution in [0.25, 0.3) is 0 Å². The Labute approximate surface area is 139 Å². The number of hydrogen-bond donors (Lipinski definition) is 1. The van der Waals surface area contributed by atoms with Gasteiger partial charge in [0.2, 0.25) is 0 Å². The summed E-state index contributed by atoms with van der Waals surface area (Å²) in [5.74, 6) is 0. The van der Waals surface area contributed by atoms with Crippen LogP contribution in [-0.2, 0) is 6.54 Å². The van der Waals surface area contributed by atoms with Crippen molar-refractivity contribution in [3.8, 4) is 0 Å². The molecule has 1 aromatic carbocycles. The quantitative estimate of drug-likeness (QED) is 0.824. The summed E-state index contributed by atoms with van der Waals surface area (Å²) in [7, 11) is 0. The lowest BCUT2D eigenvalue weighted by molar-refractivity contribution is 0.183. The van der Waals surface area contributed by atoms with E-state index in [1.165, 1.54) is 17.7 Å². The third-order valence-electron chi connectivity index (χ3n) is 3.83. The van der Waals surface area contributed by atoms with Crippen LogP contribution in [0.5, 0.6) is 0 Å². The van der Waals surface area contributed by atoms with Crippen LogP contribution >= 0.6 is 34.5 Å². The fraction of sp³-hybridized carbons (Fsp3) is 0.375. The van der Waals surface area contributed by atoms with Crippen molar-refractivity contribution < 1.29 is 0 Å². The predicted octanol–water partition coefficient (Wildman–Crippen LogP) is 4.72. The summed E-state index contributed by atoms with van der Waals surface area (Å²) in [6.45, 7) is 1.51. The molecule has 2 aromatic rings. The van der Waals surface area contributed by atoms with E-state index < -0.39 is 0 Å². The molecule has 1 aromatic heterocycles. The van der Waals surface area contributed by atoms with E-state index in [2.05, 4.69) is 22.4 Å². The van der Waals surface area contributed by atoms with E-state index in [1.54, 1.807) is 17.4 Å². The summed E-state index contributed by atoms with van der Waals surface area (Å²) in [4.78, 5) is 3.86. The monoisotopic (exact) mass is 340 g/mol. The lowest BCUT2D eigenvalue weighted by Crippen LogP contribution is -2.35. The molecule has 0 spiro atoms. The Kier molecular flexibility index (Phi) is 4.87. The number of hydrogen-bond acceptors (Lipinski definition) is 3. The summed E-state index contributed by atoms with van der Waals surface area (Å²) < 4.78 is 0. The molecule has 5 heteroatoms. The first-order chi connectivity index (χ1) is 10.2. The van der Waals surface area contributed by atoms with Gasteiger partial charge in [-0.15, -0.1) is 11.3 Å². The molecule has 1 aliphatic rings. The van der Waals surface area contributed by atoms with Crippen LogP contribution in [0.4, 0.5) is 0 Å². The molecule has 2 nitrogen and oxygen atoms in total. The van der Waals surface area contributed by atoms with Crippen LogP contribution in [0, 0.1) is 0 Å². The molecule has 0 bridgehead atoms. The highest BCUT2D eigenvalue weighted by molar-refractivity contribution is 7.09. The maximum absolute atomic E-state index is 6.15. The van der Waals surface area contributed by atoms with Crippen LogP contribution in [0.1, 0.15) is 29.3 Å². The Bertz CT molecular complexity index is 576. The van der Waals surface area contributed by atoms with E-state index in [0.29, 0.717) is 22.6 Å². The summed E-state index contributed by atoms with van der Waals surface area (Å²) in [5, 5.41) is 3.46. The SMILES string of the molecule is NCC(c1cc(Cl)cc(Cl)c1)N(Cc1cccs1)C1CC1. The lowest BCUT2D eigenvalue weighted by atomic mass is 10.0. The number of halogens is 2. The van der Waals surface area contributed by atoms with E-state index in [0.717, 1.165) is 12.1 Å². The topological polar surface area (TPSA) is 29.3 Å². The fourth-order valence-electron chi connectivity index (χ4n) is 2.71. The first-order valence-corrected chi connectivity index (χ1v) is 8.75. The second-order valence-corrected chi connectivity index (χ2v) is 7.34. The van der Waals surface area contributed by atoms with Gasteiger partial charge in [0.05, 0.1) is 0 Å². The number of nitrogens with two attached hydrogens (primary N) is 1. The highest BCUT2D eigenvalue weighted by Gasteiger charge is 2.34. The van der Waals surface area contributed by atoms with E-state index in [1.807, 2.05) is 12.1 Å². The van der Waals surface area contributed by atoms with Gasteiger partial charge in [-0.2, -0.15) is 0 Å². The first-order valence-electron chi connectivity index (χ1n) is 7.11. The van der Waals surface area contributed by atoms with Gasteiger partial charge in [0.25, 0.3) is 0 Å². The third-order valence-corrected chi connectivity index (χ3v) is 5.13. The Balaban J connectivity index is 1.87. The molecule has 1 heterocycles. The minimum absolute atomic E-state index is 0.163. The maximum Gasteiger partial charge on any atom is 0.0478 e. The lowest BCUT2D eigenvalue weighted by Gasteiger charge is -2.31. The van der Waals surface area contributed by atoms with Crippen molar-refractivity contribution >= 4 is 34.5 Å². The van der Waals surface area contributed by atoms with Crippen LogP contribution in [-0.4, -0.2) is 17.5 Å². The van der Waals surface area contributed by atoms with Crippen LogP contribution in [0.2, 0.25) is 10.0 Å². The standard InChI is InChI=1S/C16H18Cl2N2S/c17-12-6-11(7-13(18)8-12)16(9-19)20(14-3-4-14)10-15-2-1-5-21-15/h1-2,5-8,14,16H,3-4,9-10,19H2. The molecule has 0 amide bonds. The summed E-state index contributed by atoms with van der Waals surface area (Å²) in [5.41, 5.74) is 7.19. The van der Waals surface area contributed by atoms with Crippen molar-refractivity contribution in [1.29, 1.82) is 0 Å². The molecular weight excluding hydrogens is 323 g/mol. The molecule has 0 radical (unpaired) electrons. The van der Waals surface area contributed by atoms with Gasteiger partial charge in [-0.25, -0.2) is 0 Å². The van der Waals surface area contributed by atoms with Gasteiger partial charge in [-0.05, 0) is 48.1 Å². The fourth-order valence-corrected chi connectivity index (χ4v) is 3.97. The summed E-state index contributed by atoms with van der Waals surface area (Å²) >= 11 is 14.1. The van der Waals surface area contributed by atoms with Crippen molar-refractivity contribution in [3.63, 3.8) is 0 Å². The van der Waals surface area contributed by atoms with Crippen molar-refractivity contribution in [1.82, 2.24) is 4.90 Å². The number of thiophene rings is 1. The minimum Gasteiger partial charge on any atom is -0.329 e. The van der Waals surface area contributed by atoms with E-state index in [-0.39, 0.29) is 6.04 Å². The number of benzene rings is 1. The molecule has 0 saturated heterocycles. The average molecular weight is 341 g/mol. The van der Waals surface area contributed by atoms with Gasteiger partial charge in [0, 0.05) is 40.1 Å². The normalized spacial score (nSPS) is 16.4. The smallest absolute Gasteiger partial charge is 0.0478 e. The molecule has 1 aliphatic carbocycles. The molecule has 112 valence electrons. The van der Waals surface area contributed by atoms with E-state index in [4.69, 9.17) is 28.9 Å². The largest absolute Gasteiger partial charge is 0.329 e. The Morgan fingerprint density at radius 1 is 1.24 bits per heavy atom. The minimum atomic E-state index is 0.163. The maximum atomic E-state index is 6.15. The Morgan fingerprint density at radius 3 is 2.48 bits per heavy atom. The zero-order chi connectivity index (χ0) is 14.8. The molecule has 21 heavy (non-hydrogen) atoms. The van der Waals surface area contributed by atoms with Crippen LogP contribution in [0.15, 0.2) is 35.7 Å². The van der Waals surface area contributed by atoms with Gasteiger partial charge in [-0.3, -0.25) is 4.90 Å². The van der Waals surface area contributed by atoms with Gasteiger partial charge in [0.15, 0.2) is 0 Å².